The van der Waals surface area contributed by atoms with Gasteiger partial charge in [0, 0.05) is 6.54 Å². The summed E-state index contributed by atoms with van der Waals surface area (Å²) in [4.78, 5) is 17.6. The standard InChI is InChI=1S/C20H19N3O/c1-3-14-21-23-19(16(4-2)15-10-6-5-7-11-15)22-18-13-9-8-12-17(18)20(23)24/h3-13,16,21H,1-2,14H2. The molecule has 24 heavy (non-hydrogen) atoms. The number of allylic oxidation sites excluding steroid dienone is 1. The van der Waals surface area contributed by atoms with Crippen molar-refractivity contribution in [3.63, 3.8) is 0 Å². The lowest BCUT2D eigenvalue weighted by Crippen LogP contribution is -2.34. The summed E-state index contributed by atoms with van der Waals surface area (Å²) >= 11 is 0. The lowest BCUT2D eigenvalue weighted by atomic mass is 9.98. The van der Waals surface area contributed by atoms with E-state index in [2.05, 4.69) is 18.6 Å². The van der Waals surface area contributed by atoms with Crippen LogP contribution in [-0.2, 0) is 0 Å². The first-order chi connectivity index (χ1) is 11.8. The number of rotatable bonds is 6. The first-order valence-corrected chi connectivity index (χ1v) is 7.80. The van der Waals surface area contributed by atoms with Gasteiger partial charge in [-0.15, -0.1) is 13.2 Å². The predicted octanol–water partition coefficient (Wildman–Crippen LogP) is 3.44. The fraction of sp³-hybridized carbons (Fsp3) is 0.100. The Kier molecular flexibility index (Phi) is 4.57. The monoisotopic (exact) mass is 317 g/mol. The van der Waals surface area contributed by atoms with Gasteiger partial charge in [0.1, 0.15) is 5.82 Å². The number of nitrogens with zero attached hydrogens (tertiary/aromatic N) is 2. The fourth-order valence-electron chi connectivity index (χ4n) is 2.72. The Bertz CT molecular complexity index is 929. The fourth-order valence-corrected chi connectivity index (χ4v) is 2.72. The molecule has 1 N–H and O–H groups in total. The first-order valence-electron chi connectivity index (χ1n) is 7.80. The van der Waals surface area contributed by atoms with Gasteiger partial charge >= 0.3 is 0 Å². The third-order valence-corrected chi connectivity index (χ3v) is 3.87. The highest BCUT2D eigenvalue weighted by atomic mass is 16.1. The predicted molar refractivity (Wildman–Crippen MR) is 98.9 cm³/mol. The summed E-state index contributed by atoms with van der Waals surface area (Å²) in [7, 11) is 0. The molecule has 0 amide bonds. The molecule has 2 aromatic carbocycles. The molecule has 4 nitrogen and oxygen atoms in total. The second kappa shape index (κ2) is 6.96. The highest BCUT2D eigenvalue weighted by Crippen LogP contribution is 2.24. The molecule has 0 saturated carbocycles. The maximum absolute atomic E-state index is 12.9. The van der Waals surface area contributed by atoms with Crippen LogP contribution in [0.3, 0.4) is 0 Å². The number of fused-ring (bicyclic) bond motifs is 1. The van der Waals surface area contributed by atoms with Crippen LogP contribution in [0.1, 0.15) is 17.3 Å². The number of benzene rings is 2. The van der Waals surface area contributed by atoms with Crippen LogP contribution in [0, 0.1) is 0 Å². The third-order valence-electron chi connectivity index (χ3n) is 3.87. The molecule has 0 aliphatic carbocycles. The maximum atomic E-state index is 12.9. The van der Waals surface area contributed by atoms with Gasteiger partial charge in [-0.1, -0.05) is 54.6 Å². The van der Waals surface area contributed by atoms with Crippen molar-refractivity contribution in [2.45, 2.75) is 5.92 Å². The lowest BCUT2D eigenvalue weighted by Gasteiger charge is -2.19. The van der Waals surface area contributed by atoms with Crippen LogP contribution in [0.15, 0.2) is 84.7 Å². The second-order valence-electron chi connectivity index (χ2n) is 5.40. The topological polar surface area (TPSA) is 46.9 Å². The van der Waals surface area contributed by atoms with Crippen molar-refractivity contribution in [2.75, 3.05) is 12.0 Å². The number of para-hydroxylation sites is 1. The molecule has 3 aromatic rings. The van der Waals surface area contributed by atoms with Crippen molar-refractivity contribution < 1.29 is 0 Å². The highest BCUT2D eigenvalue weighted by molar-refractivity contribution is 5.77. The van der Waals surface area contributed by atoms with E-state index in [4.69, 9.17) is 4.98 Å². The summed E-state index contributed by atoms with van der Waals surface area (Å²) in [6, 6.07) is 17.3. The van der Waals surface area contributed by atoms with Crippen LogP contribution in [0.4, 0.5) is 0 Å². The van der Waals surface area contributed by atoms with Gasteiger partial charge in [0.25, 0.3) is 5.56 Å². The number of aromatic nitrogens is 2. The molecule has 0 aliphatic heterocycles. The van der Waals surface area contributed by atoms with Crippen molar-refractivity contribution in [1.82, 2.24) is 9.66 Å². The van der Waals surface area contributed by atoms with E-state index in [1.165, 1.54) is 4.68 Å². The second-order valence-corrected chi connectivity index (χ2v) is 5.40. The van der Waals surface area contributed by atoms with E-state index in [-0.39, 0.29) is 11.5 Å². The van der Waals surface area contributed by atoms with E-state index in [0.29, 0.717) is 23.3 Å². The summed E-state index contributed by atoms with van der Waals surface area (Å²) in [6.45, 7) is 8.11. The maximum Gasteiger partial charge on any atom is 0.279 e. The van der Waals surface area contributed by atoms with E-state index >= 15 is 0 Å². The molecular formula is C20H19N3O. The quantitative estimate of drug-likeness (QED) is 0.708. The SMILES string of the molecule is C=CCNn1c(C(C=C)c2ccccc2)nc2ccccc2c1=O. The molecule has 3 rings (SSSR count). The van der Waals surface area contributed by atoms with Crippen molar-refractivity contribution in [1.29, 1.82) is 0 Å². The summed E-state index contributed by atoms with van der Waals surface area (Å²) in [5.41, 5.74) is 4.67. The molecule has 0 aliphatic rings. The zero-order valence-corrected chi connectivity index (χ0v) is 13.4. The Labute approximate surface area is 140 Å². The summed E-state index contributed by atoms with van der Waals surface area (Å²) in [6.07, 6.45) is 3.51. The molecule has 0 spiro atoms. The van der Waals surface area contributed by atoms with Gasteiger partial charge in [-0.25, -0.2) is 9.66 Å². The van der Waals surface area contributed by atoms with Crippen molar-refractivity contribution >= 4 is 10.9 Å². The van der Waals surface area contributed by atoms with E-state index in [1.807, 2.05) is 48.5 Å². The minimum absolute atomic E-state index is 0.125. The van der Waals surface area contributed by atoms with Crippen LogP contribution in [-0.4, -0.2) is 16.2 Å². The van der Waals surface area contributed by atoms with Crippen LogP contribution in [0.5, 0.6) is 0 Å². The van der Waals surface area contributed by atoms with Gasteiger partial charge in [0.2, 0.25) is 0 Å². The van der Waals surface area contributed by atoms with Gasteiger partial charge < -0.3 is 5.43 Å². The first kappa shape index (κ1) is 15.7. The average molecular weight is 317 g/mol. The number of hydrogen-bond acceptors (Lipinski definition) is 3. The minimum Gasteiger partial charge on any atom is -0.318 e. The Balaban J connectivity index is 2.26. The Morgan fingerprint density at radius 1 is 1.08 bits per heavy atom. The minimum atomic E-state index is -0.194. The average Bonchev–Trinajstić information content (AvgIpc) is 2.63. The van der Waals surface area contributed by atoms with Crippen LogP contribution in [0.25, 0.3) is 10.9 Å². The van der Waals surface area contributed by atoms with Gasteiger partial charge in [-0.2, -0.15) is 0 Å². The van der Waals surface area contributed by atoms with Gasteiger partial charge in [0.05, 0.1) is 16.8 Å². The molecule has 1 unspecified atom stereocenters. The Hall–Kier alpha value is -3.14. The summed E-state index contributed by atoms with van der Waals surface area (Å²) in [5, 5.41) is 0.577. The molecule has 0 saturated heterocycles. The normalized spacial score (nSPS) is 11.8. The van der Waals surface area contributed by atoms with Crippen LogP contribution < -0.4 is 11.0 Å². The Morgan fingerprint density at radius 2 is 1.79 bits per heavy atom. The van der Waals surface area contributed by atoms with E-state index < -0.39 is 0 Å². The zero-order chi connectivity index (χ0) is 16.9. The largest absolute Gasteiger partial charge is 0.318 e. The molecule has 1 atom stereocenters. The Morgan fingerprint density at radius 3 is 2.50 bits per heavy atom. The zero-order valence-electron chi connectivity index (χ0n) is 13.4. The van der Waals surface area contributed by atoms with E-state index in [9.17, 15) is 4.79 Å². The van der Waals surface area contributed by atoms with Crippen LogP contribution in [0.2, 0.25) is 0 Å². The van der Waals surface area contributed by atoms with Crippen LogP contribution >= 0.6 is 0 Å². The van der Waals surface area contributed by atoms with E-state index in [0.717, 1.165) is 5.56 Å². The summed E-state index contributed by atoms with van der Waals surface area (Å²) < 4.78 is 1.50. The van der Waals surface area contributed by atoms with Crippen molar-refractivity contribution in [3.8, 4) is 0 Å². The van der Waals surface area contributed by atoms with Gasteiger partial charge in [0.15, 0.2) is 0 Å². The molecule has 120 valence electrons. The van der Waals surface area contributed by atoms with Gasteiger partial charge in [-0.05, 0) is 17.7 Å². The van der Waals surface area contributed by atoms with Crippen molar-refractivity contribution in [3.05, 3.63) is 102 Å². The van der Waals surface area contributed by atoms with E-state index in [1.54, 1.807) is 18.2 Å². The molecular weight excluding hydrogens is 298 g/mol. The molecule has 0 radical (unpaired) electrons. The molecule has 1 heterocycles. The molecule has 1 aromatic heterocycles. The number of hydrogen-bond donors (Lipinski definition) is 1. The third kappa shape index (κ3) is 2.86. The molecule has 0 fully saturated rings. The highest BCUT2D eigenvalue weighted by Gasteiger charge is 2.19. The smallest absolute Gasteiger partial charge is 0.279 e. The lowest BCUT2D eigenvalue weighted by molar-refractivity contribution is 0.727. The molecule has 4 heteroatoms. The number of nitrogens with one attached hydrogen (secondary N) is 1. The summed E-state index contributed by atoms with van der Waals surface area (Å²) in [5.74, 6) is 0.419. The van der Waals surface area contributed by atoms with Gasteiger partial charge in [-0.3, -0.25) is 4.79 Å². The van der Waals surface area contributed by atoms with Crippen molar-refractivity contribution in [2.24, 2.45) is 0 Å². The molecule has 0 bridgehead atoms.